The van der Waals surface area contributed by atoms with Gasteiger partial charge >= 0.3 is 6.18 Å². The molecule has 124 valence electrons. The van der Waals surface area contributed by atoms with Crippen LogP contribution in [0.1, 0.15) is 25.0 Å². The minimum Gasteiger partial charge on any atom is -0.356 e. The Morgan fingerprint density at radius 1 is 1.39 bits per heavy atom. The van der Waals surface area contributed by atoms with E-state index in [4.69, 9.17) is 0 Å². The SMILES string of the molecule is C/C=C\C(=C/C)[C@H]1CN=C(SCc2cccc(C(F)(F)F)c2)N1. The number of amidine groups is 1. The minimum absolute atomic E-state index is 0.139. The van der Waals surface area contributed by atoms with Crippen molar-refractivity contribution in [2.24, 2.45) is 4.99 Å². The summed E-state index contributed by atoms with van der Waals surface area (Å²) in [7, 11) is 0. The number of nitrogens with zero attached hydrogens (tertiary/aromatic N) is 1. The molecule has 1 N–H and O–H groups in total. The average molecular weight is 340 g/mol. The van der Waals surface area contributed by atoms with Crippen molar-refractivity contribution in [3.05, 3.63) is 59.2 Å². The fourth-order valence-corrected chi connectivity index (χ4v) is 3.16. The molecule has 1 heterocycles. The fraction of sp³-hybridized carbons (Fsp3) is 0.353. The monoisotopic (exact) mass is 340 g/mol. The summed E-state index contributed by atoms with van der Waals surface area (Å²) in [4.78, 5) is 4.43. The number of halogens is 3. The van der Waals surface area contributed by atoms with Gasteiger partial charge in [0.05, 0.1) is 18.2 Å². The van der Waals surface area contributed by atoms with Crippen LogP contribution in [0.5, 0.6) is 0 Å². The Morgan fingerprint density at radius 3 is 2.83 bits per heavy atom. The van der Waals surface area contributed by atoms with E-state index in [1.165, 1.54) is 23.9 Å². The molecule has 0 saturated carbocycles. The van der Waals surface area contributed by atoms with Gasteiger partial charge in [0.1, 0.15) is 0 Å². The third kappa shape index (κ3) is 4.89. The van der Waals surface area contributed by atoms with Crippen LogP contribution in [0, 0.1) is 0 Å². The summed E-state index contributed by atoms with van der Waals surface area (Å²) in [6.45, 7) is 4.59. The third-order valence-electron chi connectivity index (χ3n) is 3.44. The van der Waals surface area contributed by atoms with Gasteiger partial charge in [-0.2, -0.15) is 13.2 Å². The highest BCUT2D eigenvalue weighted by atomic mass is 32.2. The van der Waals surface area contributed by atoms with Crippen molar-refractivity contribution in [2.75, 3.05) is 6.54 Å². The van der Waals surface area contributed by atoms with E-state index in [2.05, 4.69) is 10.3 Å². The summed E-state index contributed by atoms with van der Waals surface area (Å²) in [5, 5.41) is 4.09. The van der Waals surface area contributed by atoms with Crippen LogP contribution in [0.25, 0.3) is 0 Å². The zero-order chi connectivity index (χ0) is 16.9. The lowest BCUT2D eigenvalue weighted by molar-refractivity contribution is -0.137. The molecule has 0 aliphatic carbocycles. The molecular weight excluding hydrogens is 321 g/mol. The van der Waals surface area contributed by atoms with E-state index in [9.17, 15) is 13.2 Å². The summed E-state index contributed by atoms with van der Waals surface area (Å²) in [6, 6.07) is 5.56. The molecule has 1 aliphatic rings. The Bertz CT molecular complexity index is 633. The molecule has 6 heteroatoms. The molecule has 1 aromatic rings. The van der Waals surface area contributed by atoms with Gasteiger partial charge in [-0.1, -0.05) is 48.2 Å². The number of hydrogen-bond donors (Lipinski definition) is 1. The van der Waals surface area contributed by atoms with E-state index in [0.717, 1.165) is 16.8 Å². The number of thioether (sulfide) groups is 1. The maximum atomic E-state index is 12.7. The molecule has 0 saturated heterocycles. The maximum Gasteiger partial charge on any atom is 0.416 e. The highest BCUT2D eigenvalue weighted by Crippen LogP contribution is 2.30. The number of hydrogen-bond acceptors (Lipinski definition) is 3. The second-order valence-corrected chi connectivity index (χ2v) is 6.08. The molecule has 23 heavy (non-hydrogen) atoms. The van der Waals surface area contributed by atoms with Crippen molar-refractivity contribution < 1.29 is 13.2 Å². The van der Waals surface area contributed by atoms with Crippen LogP contribution in [0.3, 0.4) is 0 Å². The fourth-order valence-electron chi connectivity index (χ4n) is 2.29. The first-order valence-corrected chi connectivity index (χ1v) is 8.31. The number of aliphatic imine (C=N–C) groups is 1. The second kappa shape index (κ2) is 7.73. The average Bonchev–Trinajstić information content (AvgIpc) is 2.99. The topological polar surface area (TPSA) is 24.4 Å². The molecule has 0 unspecified atom stereocenters. The predicted molar refractivity (Wildman–Crippen MR) is 90.5 cm³/mol. The van der Waals surface area contributed by atoms with Gasteiger partial charge < -0.3 is 5.32 Å². The Morgan fingerprint density at radius 2 is 2.17 bits per heavy atom. The van der Waals surface area contributed by atoms with Gasteiger partial charge in [-0.05, 0) is 31.1 Å². The van der Waals surface area contributed by atoms with Crippen LogP contribution >= 0.6 is 11.8 Å². The molecule has 0 amide bonds. The predicted octanol–water partition coefficient (Wildman–Crippen LogP) is 4.79. The zero-order valence-corrected chi connectivity index (χ0v) is 13.8. The van der Waals surface area contributed by atoms with Crippen molar-refractivity contribution in [1.29, 1.82) is 0 Å². The van der Waals surface area contributed by atoms with Crippen LogP contribution in [0.4, 0.5) is 13.2 Å². The van der Waals surface area contributed by atoms with Crippen molar-refractivity contribution in [3.8, 4) is 0 Å². The normalized spacial score (nSPS) is 19.1. The van der Waals surface area contributed by atoms with Gasteiger partial charge in [0.2, 0.25) is 0 Å². The van der Waals surface area contributed by atoms with Gasteiger partial charge in [-0.25, -0.2) is 0 Å². The lowest BCUT2D eigenvalue weighted by atomic mass is 10.1. The van der Waals surface area contributed by atoms with Gasteiger partial charge in [0.25, 0.3) is 0 Å². The first kappa shape index (κ1) is 17.7. The summed E-state index contributed by atoms with van der Waals surface area (Å²) < 4.78 is 38.1. The molecule has 2 nitrogen and oxygen atoms in total. The van der Waals surface area contributed by atoms with Crippen LogP contribution < -0.4 is 5.32 Å². The van der Waals surface area contributed by atoms with E-state index in [0.29, 0.717) is 17.9 Å². The lowest BCUT2D eigenvalue weighted by Crippen LogP contribution is -2.30. The Labute approximate surface area is 138 Å². The molecular formula is C17H19F3N2S. The van der Waals surface area contributed by atoms with Gasteiger partial charge in [0.15, 0.2) is 5.17 Å². The van der Waals surface area contributed by atoms with Gasteiger partial charge in [0, 0.05) is 5.75 Å². The van der Waals surface area contributed by atoms with Crippen molar-refractivity contribution >= 4 is 16.9 Å². The summed E-state index contributed by atoms with van der Waals surface area (Å²) in [5.41, 5.74) is 1.18. The van der Waals surface area contributed by atoms with E-state index in [1.807, 2.05) is 32.1 Å². The Kier molecular flexibility index (Phi) is 5.93. The molecule has 0 fully saturated rings. The standard InChI is InChI=1S/C17H19F3N2S/c1-3-6-13(4-2)15-10-21-16(22-15)23-11-12-7-5-8-14(9-12)17(18,19)20/h3-9,15H,10-11H2,1-2H3,(H,21,22)/b6-3-,13-4+/t15-/m1/s1. The molecule has 2 rings (SSSR count). The highest BCUT2D eigenvalue weighted by Gasteiger charge is 2.30. The molecule has 0 aromatic heterocycles. The zero-order valence-electron chi connectivity index (χ0n) is 13.0. The van der Waals surface area contributed by atoms with E-state index in [1.54, 1.807) is 6.07 Å². The Balaban J connectivity index is 1.93. The number of rotatable bonds is 4. The number of allylic oxidation sites excluding steroid dienone is 2. The smallest absolute Gasteiger partial charge is 0.356 e. The van der Waals surface area contributed by atoms with E-state index >= 15 is 0 Å². The minimum atomic E-state index is -4.30. The summed E-state index contributed by atoms with van der Waals surface area (Å²) >= 11 is 1.43. The molecule has 1 aliphatic heterocycles. The summed E-state index contributed by atoms with van der Waals surface area (Å²) in [5.74, 6) is 0.456. The number of benzene rings is 1. The number of nitrogens with one attached hydrogen (secondary N) is 1. The quantitative estimate of drug-likeness (QED) is 0.797. The van der Waals surface area contributed by atoms with Gasteiger partial charge in [-0.15, -0.1) is 0 Å². The molecule has 0 spiro atoms. The molecule has 0 radical (unpaired) electrons. The van der Waals surface area contributed by atoms with Crippen LogP contribution in [0.15, 0.2) is 53.1 Å². The number of alkyl halides is 3. The third-order valence-corrected chi connectivity index (χ3v) is 4.44. The first-order valence-electron chi connectivity index (χ1n) is 7.33. The lowest BCUT2D eigenvalue weighted by Gasteiger charge is -2.13. The second-order valence-electron chi connectivity index (χ2n) is 5.12. The van der Waals surface area contributed by atoms with Crippen LogP contribution in [-0.2, 0) is 11.9 Å². The largest absolute Gasteiger partial charge is 0.416 e. The molecule has 1 atom stereocenters. The maximum absolute atomic E-state index is 12.7. The summed E-state index contributed by atoms with van der Waals surface area (Å²) in [6.07, 6.45) is 1.74. The Hall–Kier alpha value is -1.69. The van der Waals surface area contributed by atoms with Crippen molar-refractivity contribution in [1.82, 2.24) is 5.32 Å². The van der Waals surface area contributed by atoms with Crippen molar-refractivity contribution in [3.63, 3.8) is 0 Å². The molecule has 1 aromatic carbocycles. The van der Waals surface area contributed by atoms with Crippen molar-refractivity contribution in [2.45, 2.75) is 31.8 Å². The van der Waals surface area contributed by atoms with Crippen LogP contribution in [0.2, 0.25) is 0 Å². The van der Waals surface area contributed by atoms with E-state index in [-0.39, 0.29) is 6.04 Å². The first-order chi connectivity index (χ1) is 10.9. The van der Waals surface area contributed by atoms with Crippen LogP contribution in [-0.4, -0.2) is 17.8 Å². The molecule has 0 bridgehead atoms. The van der Waals surface area contributed by atoms with Gasteiger partial charge in [-0.3, -0.25) is 4.99 Å². The van der Waals surface area contributed by atoms with E-state index < -0.39 is 11.7 Å². The highest BCUT2D eigenvalue weighted by molar-refractivity contribution is 8.13.